The van der Waals surface area contributed by atoms with Crippen molar-refractivity contribution in [2.45, 2.75) is 168 Å². The molecule has 0 bridgehead atoms. The monoisotopic (exact) mass is 1310 g/mol. The largest absolute Gasteiger partial charge is 0.464 e. The van der Waals surface area contributed by atoms with Crippen LogP contribution in [0.15, 0.2) is 0 Å². The van der Waals surface area contributed by atoms with E-state index in [1.807, 2.05) is 0 Å². The molecule has 532 valence electrons. The standard InChI is InChI=1S/C21H39NO5.2C17H29NO5.C13H23NO5/c1-4-6-12-22(13-7-5-2)14-15-26-20(23)18-10-8-9-11-19(18)21(24)27-17-16-25-3;1-21-12-13-23-17(20)15-6-4-14(5-7-15)16(19)22-11-10-18-8-2-3-9-18;1-21-12-13-23-17(20)15-7-3-2-6-14(15)16(19)22-11-10-18-8-4-5-9-18;1-17-10-11-19-13(16)5-4-12(15)18-9-8-14-6-2-3-7-14/h18-19H,4-17H2,1-3H3;2*14-15H,2-13H2,1H3;2-11H2,1H3. The van der Waals surface area contributed by atoms with Crippen molar-refractivity contribution < 1.29 is 95.2 Å². The fourth-order valence-electron chi connectivity index (χ4n) is 12.1. The van der Waals surface area contributed by atoms with Crippen LogP contribution in [0, 0.1) is 35.5 Å². The number of carbonyl (C=O) groups excluding carboxylic acids is 8. The lowest BCUT2D eigenvalue weighted by atomic mass is 9.79. The van der Waals surface area contributed by atoms with Crippen LogP contribution in [0.4, 0.5) is 0 Å². The van der Waals surface area contributed by atoms with Gasteiger partial charge in [-0.3, -0.25) is 58.0 Å². The highest BCUT2D eigenvalue weighted by atomic mass is 16.6. The highest BCUT2D eigenvalue weighted by Gasteiger charge is 2.39. The van der Waals surface area contributed by atoms with Gasteiger partial charge in [-0.1, -0.05) is 52.4 Å². The van der Waals surface area contributed by atoms with Gasteiger partial charge in [0.15, 0.2) is 0 Å². The van der Waals surface area contributed by atoms with Crippen LogP contribution in [0.3, 0.4) is 0 Å². The number of esters is 8. The molecular weight excluding hydrogens is 1190 g/mol. The van der Waals surface area contributed by atoms with Crippen molar-refractivity contribution in [3.05, 3.63) is 0 Å². The fourth-order valence-corrected chi connectivity index (χ4v) is 12.1. The summed E-state index contributed by atoms with van der Waals surface area (Å²) in [5.74, 6) is -3.66. The van der Waals surface area contributed by atoms with E-state index in [9.17, 15) is 38.4 Å². The van der Waals surface area contributed by atoms with Crippen LogP contribution in [-0.4, -0.2) is 254 Å². The first kappa shape index (κ1) is 81.7. The Morgan fingerprint density at radius 3 is 0.913 bits per heavy atom. The van der Waals surface area contributed by atoms with Gasteiger partial charge in [-0.25, -0.2) is 0 Å². The van der Waals surface area contributed by atoms with Crippen molar-refractivity contribution >= 4 is 47.8 Å². The van der Waals surface area contributed by atoms with E-state index in [0.717, 1.165) is 130 Å². The van der Waals surface area contributed by atoms with Gasteiger partial charge in [0.05, 0.1) is 74.8 Å². The van der Waals surface area contributed by atoms with E-state index in [2.05, 4.69) is 33.4 Å². The van der Waals surface area contributed by atoms with Crippen LogP contribution in [-0.2, 0) is 95.2 Å². The molecule has 24 heteroatoms. The van der Waals surface area contributed by atoms with Crippen molar-refractivity contribution in [3.63, 3.8) is 0 Å². The maximum absolute atomic E-state index is 12.6. The van der Waals surface area contributed by atoms with Gasteiger partial charge in [0, 0.05) is 54.6 Å². The number of methoxy groups -OCH3 is 4. The highest BCUT2D eigenvalue weighted by molar-refractivity contribution is 5.83. The minimum Gasteiger partial charge on any atom is -0.464 e. The van der Waals surface area contributed by atoms with Crippen molar-refractivity contribution in [1.82, 2.24) is 19.6 Å². The summed E-state index contributed by atoms with van der Waals surface area (Å²) in [6.07, 6.45) is 21.7. The number of hydrogen-bond donors (Lipinski definition) is 0. The third-order valence-electron chi connectivity index (χ3n) is 17.7. The first-order valence-corrected chi connectivity index (χ1v) is 34.9. The predicted molar refractivity (Wildman–Crippen MR) is 344 cm³/mol. The third-order valence-corrected chi connectivity index (χ3v) is 17.7. The van der Waals surface area contributed by atoms with Gasteiger partial charge < -0.3 is 56.8 Å². The highest BCUT2D eigenvalue weighted by Crippen LogP contribution is 2.34. The van der Waals surface area contributed by atoms with Gasteiger partial charge in [0.25, 0.3) is 0 Å². The van der Waals surface area contributed by atoms with E-state index in [1.54, 1.807) is 21.3 Å². The zero-order valence-corrected chi connectivity index (χ0v) is 57.4. The summed E-state index contributed by atoms with van der Waals surface area (Å²) in [5, 5.41) is 0. The lowest BCUT2D eigenvalue weighted by Gasteiger charge is -2.28. The second kappa shape index (κ2) is 52.7. The predicted octanol–water partition coefficient (Wildman–Crippen LogP) is 7.27. The average Bonchev–Trinajstić information content (AvgIpc) is 1.70. The van der Waals surface area contributed by atoms with E-state index < -0.39 is 5.97 Å². The number of rotatable bonds is 39. The van der Waals surface area contributed by atoms with Crippen LogP contribution in [0.2, 0.25) is 0 Å². The molecule has 24 nitrogen and oxygen atoms in total. The third kappa shape index (κ3) is 36.4. The minimum absolute atomic E-state index is 0.0587. The van der Waals surface area contributed by atoms with Gasteiger partial charge in [-0.05, 0) is 155 Å². The Morgan fingerprint density at radius 2 is 0.587 bits per heavy atom. The lowest BCUT2D eigenvalue weighted by Crippen LogP contribution is -2.37. The van der Waals surface area contributed by atoms with E-state index in [-0.39, 0.29) is 110 Å². The topological polar surface area (TPSA) is 260 Å². The number of likely N-dealkylation sites (tertiary alicyclic amines) is 3. The molecule has 3 saturated carbocycles. The maximum atomic E-state index is 12.6. The summed E-state index contributed by atoms with van der Waals surface area (Å²) in [7, 11) is 6.24. The maximum Gasteiger partial charge on any atom is 0.309 e. The van der Waals surface area contributed by atoms with Crippen molar-refractivity contribution in [2.24, 2.45) is 35.5 Å². The Morgan fingerprint density at radius 1 is 0.315 bits per heavy atom. The van der Waals surface area contributed by atoms with E-state index in [4.69, 9.17) is 56.8 Å². The molecule has 6 fully saturated rings. The van der Waals surface area contributed by atoms with Crippen LogP contribution in [0.25, 0.3) is 0 Å². The quantitative estimate of drug-likeness (QED) is 0.0333. The molecule has 0 amide bonds. The Labute approximate surface area is 550 Å². The molecule has 3 saturated heterocycles. The molecule has 0 aromatic carbocycles. The molecule has 3 heterocycles. The summed E-state index contributed by atoms with van der Waals surface area (Å²) in [5.41, 5.74) is 0. The average molecular weight is 1310 g/mol. The smallest absolute Gasteiger partial charge is 0.309 e. The minimum atomic E-state index is -0.395. The van der Waals surface area contributed by atoms with Gasteiger partial charge in [0.2, 0.25) is 0 Å². The Bertz CT molecular complexity index is 1990. The zero-order valence-electron chi connectivity index (χ0n) is 57.4. The number of nitrogens with zero attached hydrogens (tertiary/aromatic N) is 4. The number of unbranched alkanes of at least 4 members (excludes halogenated alkanes) is 2. The molecule has 4 unspecified atom stereocenters. The molecule has 6 aliphatic rings. The van der Waals surface area contributed by atoms with Crippen molar-refractivity contribution in [2.75, 3.05) is 186 Å². The van der Waals surface area contributed by atoms with Crippen LogP contribution in [0.1, 0.15) is 168 Å². The van der Waals surface area contributed by atoms with E-state index in [0.29, 0.717) is 111 Å². The number of carbonyl (C=O) groups is 8. The van der Waals surface area contributed by atoms with Crippen LogP contribution >= 0.6 is 0 Å². The normalized spacial score (nSPS) is 21.6. The second-order valence-corrected chi connectivity index (χ2v) is 24.7. The molecule has 92 heavy (non-hydrogen) atoms. The zero-order chi connectivity index (χ0) is 66.8. The number of hydrogen-bond acceptors (Lipinski definition) is 24. The Hall–Kier alpha value is -4.56. The fraction of sp³-hybridized carbons (Fsp3) is 0.882. The first-order valence-electron chi connectivity index (χ1n) is 34.9. The van der Waals surface area contributed by atoms with Gasteiger partial charge >= 0.3 is 47.8 Å². The molecular formula is C68H120N4O20. The second-order valence-electron chi connectivity index (χ2n) is 24.7. The van der Waals surface area contributed by atoms with Gasteiger partial charge in [-0.15, -0.1) is 0 Å². The molecule has 3 aliphatic carbocycles. The van der Waals surface area contributed by atoms with Gasteiger partial charge in [-0.2, -0.15) is 0 Å². The summed E-state index contributed by atoms with van der Waals surface area (Å²) in [6, 6.07) is 0. The van der Waals surface area contributed by atoms with Crippen LogP contribution < -0.4 is 0 Å². The SMILES string of the molecule is CCCCN(CCCC)CCOC(=O)C1CCCCC1C(=O)OCCOC.COCCOC(=O)C1CCC(C(=O)OCCN2CCCC2)CC1.COCCOC(=O)C1CCCCC1C(=O)OCCN1CCCC1.COCCOC(=O)CCC(=O)OCCN1CCCC1. The van der Waals surface area contributed by atoms with Crippen LogP contribution in [0.5, 0.6) is 0 Å². The summed E-state index contributed by atoms with van der Waals surface area (Å²) in [6.45, 7) is 20.5. The first-order chi connectivity index (χ1) is 44.8. The van der Waals surface area contributed by atoms with Gasteiger partial charge in [0.1, 0.15) is 52.9 Å². The molecule has 0 radical (unpaired) electrons. The summed E-state index contributed by atoms with van der Waals surface area (Å²) in [4.78, 5) is 105. The van der Waals surface area contributed by atoms with E-state index >= 15 is 0 Å². The Kier molecular flexibility index (Phi) is 46.8. The molecule has 3 aliphatic heterocycles. The summed E-state index contributed by atoms with van der Waals surface area (Å²) < 4.78 is 61.3. The Balaban J connectivity index is 0.000000322. The number of ether oxygens (including phenoxy) is 12. The van der Waals surface area contributed by atoms with E-state index in [1.165, 1.54) is 45.6 Å². The molecule has 0 aromatic heterocycles. The molecule has 4 atom stereocenters. The lowest BCUT2D eigenvalue weighted by molar-refractivity contribution is -0.163. The molecule has 6 rings (SSSR count). The summed E-state index contributed by atoms with van der Waals surface area (Å²) >= 11 is 0. The molecule has 0 spiro atoms. The van der Waals surface area contributed by atoms with Crippen molar-refractivity contribution in [1.29, 1.82) is 0 Å². The molecule has 0 N–H and O–H groups in total. The molecule has 0 aromatic rings. The van der Waals surface area contributed by atoms with Crippen molar-refractivity contribution in [3.8, 4) is 0 Å².